The molecule has 21 heavy (non-hydrogen) atoms. The normalized spacial score (nSPS) is 10.4. The van der Waals surface area contributed by atoms with Crippen LogP contribution in [0.4, 0.5) is 0 Å². The lowest BCUT2D eigenvalue weighted by molar-refractivity contribution is 0.0951. The fraction of sp³-hybridized carbons (Fsp3) is 0.235. The summed E-state index contributed by atoms with van der Waals surface area (Å²) in [6.07, 6.45) is 0.764. The van der Waals surface area contributed by atoms with E-state index < -0.39 is 0 Å². The molecule has 0 radical (unpaired) electrons. The van der Waals surface area contributed by atoms with Gasteiger partial charge in [0.15, 0.2) is 0 Å². The molecule has 0 unspecified atom stereocenters. The number of hydrogen-bond donors (Lipinski definition) is 3. The van der Waals surface area contributed by atoms with Crippen molar-refractivity contribution in [3.8, 4) is 0 Å². The van der Waals surface area contributed by atoms with Gasteiger partial charge in [-0.2, -0.15) is 0 Å². The summed E-state index contributed by atoms with van der Waals surface area (Å²) in [5, 5.41) is 12.0. The second kappa shape index (κ2) is 7.57. The highest BCUT2D eigenvalue weighted by molar-refractivity contribution is 5.94. The van der Waals surface area contributed by atoms with Crippen LogP contribution in [0.2, 0.25) is 0 Å². The van der Waals surface area contributed by atoms with Crippen molar-refractivity contribution in [2.75, 3.05) is 6.54 Å². The van der Waals surface area contributed by atoms with E-state index in [9.17, 15) is 4.79 Å². The summed E-state index contributed by atoms with van der Waals surface area (Å²) in [6, 6.07) is 15.0. The summed E-state index contributed by atoms with van der Waals surface area (Å²) in [6.45, 7) is 1.01. The summed E-state index contributed by atoms with van der Waals surface area (Å²) in [7, 11) is 0. The monoisotopic (exact) mass is 284 g/mol. The van der Waals surface area contributed by atoms with Crippen LogP contribution < -0.4 is 11.1 Å². The highest BCUT2D eigenvalue weighted by Gasteiger charge is 2.06. The number of carbonyl (C=O) groups is 1. The summed E-state index contributed by atoms with van der Waals surface area (Å²) in [4.78, 5) is 12.1. The van der Waals surface area contributed by atoms with Crippen molar-refractivity contribution in [2.24, 2.45) is 5.73 Å². The van der Waals surface area contributed by atoms with Gasteiger partial charge in [-0.1, -0.05) is 36.4 Å². The van der Waals surface area contributed by atoms with Gasteiger partial charge in [0.25, 0.3) is 5.91 Å². The number of amides is 1. The molecule has 4 heteroatoms. The lowest BCUT2D eigenvalue weighted by atomic mass is 10.1. The third-order valence-electron chi connectivity index (χ3n) is 3.25. The first kappa shape index (κ1) is 15.2. The van der Waals surface area contributed by atoms with Gasteiger partial charge in [-0.25, -0.2) is 0 Å². The van der Waals surface area contributed by atoms with Crippen LogP contribution >= 0.6 is 0 Å². The molecule has 1 amide bonds. The van der Waals surface area contributed by atoms with Crippen LogP contribution in [-0.2, 0) is 19.6 Å². The fourth-order valence-electron chi connectivity index (χ4n) is 2.16. The molecule has 0 aromatic heterocycles. The molecule has 0 aliphatic heterocycles. The highest BCUT2D eigenvalue weighted by atomic mass is 16.3. The van der Waals surface area contributed by atoms with Gasteiger partial charge in [0, 0.05) is 12.1 Å². The van der Waals surface area contributed by atoms with Gasteiger partial charge in [0.2, 0.25) is 0 Å². The maximum Gasteiger partial charge on any atom is 0.251 e. The molecule has 0 bridgehead atoms. The van der Waals surface area contributed by atoms with Gasteiger partial charge in [0.05, 0.1) is 6.61 Å². The molecule has 0 saturated heterocycles. The largest absolute Gasteiger partial charge is 0.392 e. The van der Waals surface area contributed by atoms with Crippen LogP contribution in [0.5, 0.6) is 0 Å². The van der Waals surface area contributed by atoms with E-state index in [1.165, 1.54) is 0 Å². The van der Waals surface area contributed by atoms with E-state index in [4.69, 9.17) is 10.8 Å². The topological polar surface area (TPSA) is 75.4 Å². The Balaban J connectivity index is 1.99. The third kappa shape index (κ3) is 4.41. The molecule has 0 fully saturated rings. The van der Waals surface area contributed by atoms with E-state index >= 15 is 0 Å². The zero-order valence-corrected chi connectivity index (χ0v) is 11.9. The minimum atomic E-state index is -0.108. The number of hydrogen-bond acceptors (Lipinski definition) is 3. The summed E-state index contributed by atoms with van der Waals surface area (Å²) >= 11 is 0. The van der Waals surface area contributed by atoms with Gasteiger partial charge >= 0.3 is 0 Å². The molecule has 0 spiro atoms. The quantitative estimate of drug-likeness (QED) is 0.754. The van der Waals surface area contributed by atoms with Crippen molar-refractivity contribution in [3.05, 3.63) is 70.8 Å². The third-order valence-corrected chi connectivity index (χ3v) is 3.25. The van der Waals surface area contributed by atoms with Gasteiger partial charge in [-0.3, -0.25) is 4.79 Å². The zero-order chi connectivity index (χ0) is 15.1. The Kier molecular flexibility index (Phi) is 5.49. The molecule has 0 aliphatic carbocycles. The minimum Gasteiger partial charge on any atom is -0.392 e. The molecule has 4 nitrogen and oxygen atoms in total. The first-order valence-corrected chi connectivity index (χ1v) is 6.99. The van der Waals surface area contributed by atoms with E-state index in [0.29, 0.717) is 18.7 Å². The standard InChI is InChI=1S/C17H20N2O2/c18-8-7-13-3-2-6-16(10-13)17(21)19-11-14-4-1-5-15(9-14)12-20/h1-6,9-10,20H,7-8,11-12,18H2,(H,19,21). The smallest absolute Gasteiger partial charge is 0.251 e. The molecule has 4 N–H and O–H groups in total. The number of aliphatic hydroxyl groups excluding tert-OH is 1. The van der Waals surface area contributed by atoms with E-state index in [1.807, 2.05) is 42.5 Å². The molecular formula is C17H20N2O2. The van der Waals surface area contributed by atoms with Gasteiger partial charge in [0.1, 0.15) is 0 Å². The zero-order valence-electron chi connectivity index (χ0n) is 11.9. The lowest BCUT2D eigenvalue weighted by Gasteiger charge is -2.08. The first-order valence-electron chi connectivity index (χ1n) is 6.99. The van der Waals surface area contributed by atoms with Crippen molar-refractivity contribution in [1.82, 2.24) is 5.32 Å². The molecule has 2 aromatic rings. The Morgan fingerprint density at radius 3 is 2.52 bits per heavy atom. The van der Waals surface area contributed by atoms with Crippen molar-refractivity contribution in [3.63, 3.8) is 0 Å². The maximum atomic E-state index is 12.1. The number of carbonyl (C=O) groups excluding carboxylic acids is 1. The van der Waals surface area contributed by atoms with Gasteiger partial charge in [-0.05, 0) is 41.8 Å². The Labute approximate surface area is 124 Å². The average Bonchev–Trinajstić information content (AvgIpc) is 2.53. The molecule has 2 aromatic carbocycles. The second-order valence-electron chi connectivity index (χ2n) is 4.90. The first-order chi connectivity index (χ1) is 10.2. The summed E-state index contributed by atoms with van der Waals surface area (Å²) < 4.78 is 0. The van der Waals surface area contributed by atoms with Crippen molar-refractivity contribution >= 4 is 5.91 Å². The number of rotatable bonds is 6. The second-order valence-corrected chi connectivity index (χ2v) is 4.90. The average molecular weight is 284 g/mol. The molecule has 0 saturated carbocycles. The molecule has 0 atom stereocenters. The Hall–Kier alpha value is -2.17. The number of benzene rings is 2. The molecule has 0 heterocycles. The fourth-order valence-corrected chi connectivity index (χ4v) is 2.16. The summed E-state index contributed by atoms with van der Waals surface area (Å²) in [5.74, 6) is -0.108. The van der Waals surface area contributed by atoms with Crippen LogP contribution in [0.15, 0.2) is 48.5 Å². The van der Waals surface area contributed by atoms with Crippen LogP contribution in [0.1, 0.15) is 27.0 Å². The summed E-state index contributed by atoms with van der Waals surface area (Å²) in [5.41, 5.74) is 9.03. The van der Waals surface area contributed by atoms with E-state index in [0.717, 1.165) is 23.1 Å². The predicted molar refractivity (Wildman–Crippen MR) is 82.7 cm³/mol. The highest BCUT2D eigenvalue weighted by Crippen LogP contribution is 2.08. The Bertz CT molecular complexity index is 611. The Morgan fingerprint density at radius 1 is 1.05 bits per heavy atom. The van der Waals surface area contributed by atoms with Crippen LogP contribution in [0.3, 0.4) is 0 Å². The maximum absolute atomic E-state index is 12.1. The molecular weight excluding hydrogens is 264 g/mol. The van der Waals surface area contributed by atoms with Crippen molar-refractivity contribution in [1.29, 1.82) is 0 Å². The van der Waals surface area contributed by atoms with E-state index in [1.54, 1.807) is 6.07 Å². The van der Waals surface area contributed by atoms with Gasteiger partial charge in [-0.15, -0.1) is 0 Å². The van der Waals surface area contributed by atoms with Gasteiger partial charge < -0.3 is 16.2 Å². The lowest BCUT2D eigenvalue weighted by Crippen LogP contribution is -2.23. The Morgan fingerprint density at radius 2 is 1.76 bits per heavy atom. The van der Waals surface area contributed by atoms with Crippen LogP contribution in [0.25, 0.3) is 0 Å². The van der Waals surface area contributed by atoms with E-state index in [2.05, 4.69) is 5.32 Å². The van der Waals surface area contributed by atoms with Crippen molar-refractivity contribution in [2.45, 2.75) is 19.6 Å². The molecule has 2 rings (SSSR count). The van der Waals surface area contributed by atoms with E-state index in [-0.39, 0.29) is 12.5 Å². The number of aliphatic hydroxyl groups is 1. The van der Waals surface area contributed by atoms with Crippen molar-refractivity contribution < 1.29 is 9.90 Å². The number of nitrogens with one attached hydrogen (secondary N) is 1. The van der Waals surface area contributed by atoms with Crippen LogP contribution in [-0.4, -0.2) is 17.6 Å². The predicted octanol–water partition coefficient (Wildman–Crippen LogP) is 1.61. The molecule has 110 valence electrons. The SMILES string of the molecule is NCCc1cccc(C(=O)NCc2cccc(CO)c2)c1. The molecule has 0 aliphatic rings. The van der Waals surface area contributed by atoms with Crippen LogP contribution in [0, 0.1) is 0 Å². The minimum absolute atomic E-state index is 0.00290. The number of nitrogens with two attached hydrogens (primary N) is 1.